The van der Waals surface area contributed by atoms with E-state index in [4.69, 9.17) is 23.7 Å². The van der Waals surface area contributed by atoms with Crippen molar-refractivity contribution in [2.45, 2.75) is 302 Å². The van der Waals surface area contributed by atoms with E-state index in [0.29, 0.717) is 19.3 Å². The van der Waals surface area contributed by atoms with E-state index in [-0.39, 0.29) is 25.9 Å². The number of hydrogen-bond acceptors (Lipinski definition) is 11. The zero-order chi connectivity index (χ0) is 53.3. The van der Waals surface area contributed by atoms with Crippen LogP contribution in [-0.2, 0) is 42.9 Å². The minimum Gasteiger partial charge on any atom is -0.479 e. The molecule has 0 bridgehead atoms. The SMILES string of the molecule is CCC/C=C\C/C=C\CCCCCCCC(=O)OCC(COC1OC(C(=O)O)C(O)C(O)C1OC(=O)CCCCCCCCCCC/C=C\C/C=C\CCCCC)OC(=O)CCCCCCCCCCCCC. The molecule has 1 fully saturated rings. The van der Waals surface area contributed by atoms with Crippen LogP contribution in [0.2, 0.25) is 0 Å². The predicted octanol–water partition coefficient (Wildman–Crippen LogP) is 15.0. The van der Waals surface area contributed by atoms with Crippen LogP contribution in [-0.4, -0.2) is 89.2 Å². The average molecular weight is 1030 g/mol. The average Bonchev–Trinajstić information content (AvgIpc) is 3.37. The Morgan fingerprint density at radius 3 is 1.32 bits per heavy atom. The van der Waals surface area contributed by atoms with Crippen molar-refractivity contribution in [1.82, 2.24) is 0 Å². The molecule has 0 saturated carbocycles. The smallest absolute Gasteiger partial charge is 0.335 e. The first-order valence-corrected chi connectivity index (χ1v) is 29.6. The molecular weight excluding hydrogens is 925 g/mol. The third-order valence-corrected chi connectivity index (χ3v) is 13.4. The second-order valence-electron chi connectivity index (χ2n) is 20.3. The van der Waals surface area contributed by atoms with Crippen LogP contribution in [0.4, 0.5) is 0 Å². The number of carbonyl (C=O) groups is 4. The molecule has 0 aliphatic carbocycles. The van der Waals surface area contributed by atoms with Gasteiger partial charge in [0.1, 0.15) is 18.8 Å². The van der Waals surface area contributed by atoms with Crippen molar-refractivity contribution in [2.75, 3.05) is 13.2 Å². The second kappa shape index (κ2) is 49.6. The highest BCUT2D eigenvalue weighted by Crippen LogP contribution is 2.26. The fourth-order valence-corrected chi connectivity index (χ4v) is 8.79. The Hall–Kier alpha value is -3.32. The first-order valence-electron chi connectivity index (χ1n) is 29.6. The van der Waals surface area contributed by atoms with Crippen molar-refractivity contribution < 1.29 is 58.2 Å². The van der Waals surface area contributed by atoms with Crippen LogP contribution in [0.1, 0.15) is 265 Å². The number of carboxylic acid groups (broad SMARTS) is 1. The van der Waals surface area contributed by atoms with Gasteiger partial charge in [0.25, 0.3) is 0 Å². The Labute approximate surface area is 443 Å². The maximum atomic E-state index is 13.1. The number of ether oxygens (including phenoxy) is 5. The monoisotopic (exact) mass is 1030 g/mol. The van der Waals surface area contributed by atoms with Crippen LogP contribution >= 0.6 is 0 Å². The standard InChI is InChI=1S/C61H106O12/c1-4-7-10-13-16-19-22-24-25-26-27-28-29-31-34-37-40-43-46-49-55(64)72-59-57(66)56(65)58(60(67)68)73-61(59)70-51-52(71-54(63)48-45-42-39-36-32-21-18-15-12-9-6-3)50-69-53(62)47-44-41-38-35-33-30-23-20-17-14-11-8-5-2/h11,14,16,19-20,23-25,52,56-59,61,65-66H,4-10,12-13,15,17-18,21-22,26-51H2,1-3H3,(H,67,68)/b14-11-,19-16-,23-20-,25-24-. The highest BCUT2D eigenvalue weighted by Gasteiger charge is 2.50. The van der Waals surface area contributed by atoms with Crippen LogP contribution in [0.25, 0.3) is 0 Å². The van der Waals surface area contributed by atoms with E-state index in [9.17, 15) is 34.5 Å². The molecule has 6 unspecified atom stereocenters. The van der Waals surface area contributed by atoms with E-state index in [1.54, 1.807) is 0 Å². The van der Waals surface area contributed by atoms with Gasteiger partial charge >= 0.3 is 23.9 Å². The van der Waals surface area contributed by atoms with Gasteiger partial charge in [-0.15, -0.1) is 0 Å². The van der Waals surface area contributed by atoms with Gasteiger partial charge in [0.05, 0.1) is 6.61 Å². The van der Waals surface area contributed by atoms with Crippen molar-refractivity contribution in [2.24, 2.45) is 0 Å². The van der Waals surface area contributed by atoms with Crippen molar-refractivity contribution in [3.05, 3.63) is 48.6 Å². The van der Waals surface area contributed by atoms with E-state index in [1.165, 1.54) is 96.3 Å². The Balaban J connectivity index is 2.65. The second-order valence-corrected chi connectivity index (χ2v) is 20.3. The quantitative estimate of drug-likeness (QED) is 0.0228. The van der Waals surface area contributed by atoms with E-state index < -0.39 is 67.3 Å². The van der Waals surface area contributed by atoms with Crippen molar-refractivity contribution in [3.63, 3.8) is 0 Å². The van der Waals surface area contributed by atoms with Gasteiger partial charge < -0.3 is 39.0 Å². The number of rotatable bonds is 50. The Bertz CT molecular complexity index is 1460. The number of aliphatic hydroxyl groups excluding tert-OH is 2. The van der Waals surface area contributed by atoms with Gasteiger partial charge in [0, 0.05) is 19.3 Å². The molecule has 0 radical (unpaired) electrons. The molecule has 12 heteroatoms. The van der Waals surface area contributed by atoms with Crippen LogP contribution in [0.15, 0.2) is 48.6 Å². The fourth-order valence-electron chi connectivity index (χ4n) is 8.79. The normalized spacial score (nSPS) is 18.6. The summed E-state index contributed by atoms with van der Waals surface area (Å²) >= 11 is 0. The molecule has 0 aromatic heterocycles. The summed E-state index contributed by atoms with van der Waals surface area (Å²) < 4.78 is 28.4. The molecule has 1 saturated heterocycles. The zero-order valence-corrected chi connectivity index (χ0v) is 46.4. The molecule has 1 rings (SSSR count). The summed E-state index contributed by atoms with van der Waals surface area (Å²) in [5.74, 6) is -3.13. The lowest BCUT2D eigenvalue weighted by Gasteiger charge is -2.40. The number of carboxylic acids is 1. The summed E-state index contributed by atoms with van der Waals surface area (Å²) in [6.07, 6.45) is 46.5. The number of allylic oxidation sites excluding steroid dienone is 8. The van der Waals surface area contributed by atoms with Gasteiger partial charge in [-0.2, -0.15) is 0 Å². The first-order chi connectivity index (χ1) is 35.6. The molecule has 422 valence electrons. The summed E-state index contributed by atoms with van der Waals surface area (Å²) in [6.45, 7) is 5.89. The molecular formula is C61H106O12. The number of esters is 3. The van der Waals surface area contributed by atoms with Crippen molar-refractivity contribution in [3.8, 4) is 0 Å². The largest absolute Gasteiger partial charge is 0.479 e. The summed E-state index contributed by atoms with van der Waals surface area (Å²) in [5, 5.41) is 31.5. The van der Waals surface area contributed by atoms with E-state index in [2.05, 4.69) is 69.4 Å². The van der Waals surface area contributed by atoms with Gasteiger partial charge in [-0.3, -0.25) is 14.4 Å². The minimum atomic E-state index is -1.90. The lowest BCUT2D eigenvalue weighted by Crippen LogP contribution is -2.61. The lowest BCUT2D eigenvalue weighted by molar-refractivity contribution is -0.301. The van der Waals surface area contributed by atoms with Gasteiger partial charge in [0.15, 0.2) is 24.6 Å². The van der Waals surface area contributed by atoms with Crippen molar-refractivity contribution >= 4 is 23.9 Å². The number of carbonyl (C=O) groups excluding carboxylic acids is 3. The van der Waals surface area contributed by atoms with E-state index in [1.807, 2.05) is 0 Å². The molecule has 1 aliphatic heterocycles. The minimum absolute atomic E-state index is 0.0560. The van der Waals surface area contributed by atoms with Crippen molar-refractivity contribution in [1.29, 1.82) is 0 Å². The number of aliphatic carboxylic acids is 1. The number of unbranched alkanes of at least 4 members (excludes halogenated alkanes) is 28. The van der Waals surface area contributed by atoms with Crippen LogP contribution in [0.5, 0.6) is 0 Å². The molecule has 0 aromatic carbocycles. The summed E-state index contributed by atoms with van der Waals surface area (Å²) in [5.41, 5.74) is 0. The van der Waals surface area contributed by atoms with Gasteiger partial charge in [-0.25, -0.2) is 4.79 Å². The molecule has 0 spiro atoms. The van der Waals surface area contributed by atoms with E-state index in [0.717, 1.165) is 109 Å². The van der Waals surface area contributed by atoms with Gasteiger partial charge in [-0.05, 0) is 77.0 Å². The molecule has 6 atom stereocenters. The zero-order valence-electron chi connectivity index (χ0n) is 46.4. The molecule has 0 aromatic rings. The van der Waals surface area contributed by atoms with Gasteiger partial charge in [-0.1, -0.05) is 217 Å². The molecule has 73 heavy (non-hydrogen) atoms. The highest BCUT2D eigenvalue weighted by molar-refractivity contribution is 5.74. The fraction of sp³-hybridized carbons (Fsp3) is 0.803. The number of aliphatic hydroxyl groups is 2. The predicted molar refractivity (Wildman–Crippen MR) is 294 cm³/mol. The molecule has 1 aliphatic rings. The summed E-state index contributed by atoms with van der Waals surface area (Å²) in [4.78, 5) is 51.0. The Morgan fingerprint density at radius 2 is 0.849 bits per heavy atom. The van der Waals surface area contributed by atoms with E-state index >= 15 is 0 Å². The summed E-state index contributed by atoms with van der Waals surface area (Å²) in [7, 11) is 0. The Morgan fingerprint density at radius 1 is 0.452 bits per heavy atom. The topological polar surface area (TPSA) is 175 Å². The number of hydrogen-bond donors (Lipinski definition) is 3. The molecule has 1 heterocycles. The van der Waals surface area contributed by atoms with Crippen LogP contribution in [0, 0.1) is 0 Å². The molecule has 12 nitrogen and oxygen atoms in total. The maximum absolute atomic E-state index is 13.1. The lowest BCUT2D eigenvalue weighted by atomic mass is 9.98. The molecule has 0 amide bonds. The summed E-state index contributed by atoms with van der Waals surface area (Å²) in [6, 6.07) is 0. The molecule has 3 N–H and O–H groups in total. The maximum Gasteiger partial charge on any atom is 0.335 e. The third kappa shape index (κ3) is 39.7. The highest BCUT2D eigenvalue weighted by atomic mass is 16.7. The third-order valence-electron chi connectivity index (χ3n) is 13.4. The van der Waals surface area contributed by atoms with Gasteiger partial charge in [0.2, 0.25) is 0 Å². The van der Waals surface area contributed by atoms with Crippen LogP contribution < -0.4 is 0 Å². The first kappa shape index (κ1) is 67.7. The van der Waals surface area contributed by atoms with Crippen LogP contribution in [0.3, 0.4) is 0 Å². The Kier molecular flexibility index (Phi) is 45.9.